The van der Waals surface area contributed by atoms with Crippen LogP contribution in [0.2, 0.25) is 0 Å². The summed E-state index contributed by atoms with van der Waals surface area (Å²) in [5, 5.41) is 3.33. The lowest BCUT2D eigenvalue weighted by atomic mass is 10.2. The van der Waals surface area contributed by atoms with Crippen molar-refractivity contribution in [2.45, 2.75) is 39.2 Å². The summed E-state index contributed by atoms with van der Waals surface area (Å²) in [4.78, 5) is 22.3. The average molecular weight is 341 g/mol. The standard InChI is InChI=1S/C18H27N7/c1-13(2)16-21-17(23-18(22-16)24(3)4)20-12-14-7-8-19-15(11-14)25-9-5-6-10-25/h7-8,11,13H,5-6,9-10,12H2,1-4H3,(H,20,21,22,23). The van der Waals surface area contributed by atoms with Crippen molar-refractivity contribution in [1.29, 1.82) is 0 Å². The Morgan fingerprint density at radius 2 is 1.92 bits per heavy atom. The molecule has 0 saturated carbocycles. The molecule has 7 heteroatoms. The first kappa shape index (κ1) is 17.4. The Labute approximate surface area is 149 Å². The molecule has 2 aromatic rings. The van der Waals surface area contributed by atoms with Gasteiger partial charge in [-0.2, -0.15) is 15.0 Å². The highest BCUT2D eigenvalue weighted by Gasteiger charge is 2.14. The lowest BCUT2D eigenvalue weighted by molar-refractivity contribution is 0.754. The van der Waals surface area contributed by atoms with Crippen molar-refractivity contribution >= 4 is 17.7 Å². The fraction of sp³-hybridized carbons (Fsp3) is 0.556. The lowest BCUT2D eigenvalue weighted by Crippen LogP contribution is -2.19. The number of nitrogens with zero attached hydrogens (tertiary/aromatic N) is 6. The molecule has 0 radical (unpaired) electrons. The number of hydrogen-bond acceptors (Lipinski definition) is 7. The fourth-order valence-electron chi connectivity index (χ4n) is 2.79. The molecule has 1 aliphatic heterocycles. The zero-order valence-corrected chi connectivity index (χ0v) is 15.5. The summed E-state index contributed by atoms with van der Waals surface area (Å²) in [6, 6.07) is 4.18. The minimum absolute atomic E-state index is 0.255. The van der Waals surface area contributed by atoms with E-state index in [4.69, 9.17) is 0 Å². The van der Waals surface area contributed by atoms with Crippen LogP contribution in [-0.4, -0.2) is 47.1 Å². The van der Waals surface area contributed by atoms with Crippen molar-refractivity contribution in [3.8, 4) is 0 Å². The zero-order valence-electron chi connectivity index (χ0n) is 15.5. The van der Waals surface area contributed by atoms with Crippen LogP contribution in [0, 0.1) is 0 Å². The molecule has 0 aliphatic carbocycles. The normalized spacial score (nSPS) is 14.2. The van der Waals surface area contributed by atoms with Crippen molar-refractivity contribution in [3.05, 3.63) is 29.7 Å². The third kappa shape index (κ3) is 4.35. The Hall–Kier alpha value is -2.44. The molecule has 3 heterocycles. The molecule has 0 aromatic carbocycles. The van der Waals surface area contributed by atoms with Gasteiger partial charge in [0, 0.05) is 45.8 Å². The number of anilines is 3. The number of pyridine rings is 1. The van der Waals surface area contributed by atoms with Gasteiger partial charge in [-0.15, -0.1) is 0 Å². The van der Waals surface area contributed by atoms with Crippen molar-refractivity contribution in [2.75, 3.05) is 42.3 Å². The van der Waals surface area contributed by atoms with Crippen LogP contribution in [-0.2, 0) is 6.54 Å². The smallest absolute Gasteiger partial charge is 0.229 e. The largest absolute Gasteiger partial charge is 0.357 e. The SMILES string of the molecule is CC(C)c1nc(NCc2ccnc(N3CCCC3)c2)nc(N(C)C)n1. The molecule has 2 aromatic heterocycles. The van der Waals surface area contributed by atoms with E-state index >= 15 is 0 Å². The van der Waals surface area contributed by atoms with E-state index in [1.54, 1.807) is 0 Å². The molecule has 1 saturated heterocycles. The van der Waals surface area contributed by atoms with E-state index < -0.39 is 0 Å². The molecule has 7 nitrogen and oxygen atoms in total. The molecule has 0 bridgehead atoms. The summed E-state index contributed by atoms with van der Waals surface area (Å²) >= 11 is 0. The molecule has 134 valence electrons. The predicted molar refractivity (Wildman–Crippen MR) is 101 cm³/mol. The van der Waals surface area contributed by atoms with Gasteiger partial charge in [0.05, 0.1) is 0 Å². The van der Waals surface area contributed by atoms with Gasteiger partial charge in [-0.3, -0.25) is 0 Å². The maximum atomic E-state index is 4.54. The Kier molecular flexibility index (Phi) is 5.31. The summed E-state index contributed by atoms with van der Waals surface area (Å²) in [7, 11) is 3.88. The van der Waals surface area contributed by atoms with Crippen molar-refractivity contribution in [3.63, 3.8) is 0 Å². The molecule has 1 fully saturated rings. The molecule has 0 atom stereocenters. The summed E-state index contributed by atoms with van der Waals surface area (Å²) in [5.74, 6) is 3.40. The highest BCUT2D eigenvalue weighted by atomic mass is 15.3. The van der Waals surface area contributed by atoms with Gasteiger partial charge in [-0.25, -0.2) is 4.98 Å². The van der Waals surface area contributed by atoms with E-state index in [1.165, 1.54) is 18.4 Å². The topological polar surface area (TPSA) is 70.1 Å². The second-order valence-electron chi connectivity index (χ2n) is 6.94. The Bertz CT molecular complexity index is 682. The van der Waals surface area contributed by atoms with Crippen LogP contribution in [0.3, 0.4) is 0 Å². The predicted octanol–water partition coefficient (Wildman–Crippen LogP) is 2.67. The van der Waals surface area contributed by atoms with E-state index in [0.717, 1.165) is 24.7 Å². The molecular weight excluding hydrogens is 314 g/mol. The van der Waals surface area contributed by atoms with Crippen molar-refractivity contribution in [2.24, 2.45) is 0 Å². The number of hydrogen-bond donors (Lipinski definition) is 1. The van der Waals surface area contributed by atoms with Gasteiger partial charge in [0.2, 0.25) is 11.9 Å². The molecule has 1 N–H and O–H groups in total. The summed E-state index contributed by atoms with van der Waals surface area (Å²) < 4.78 is 0. The number of rotatable bonds is 6. The summed E-state index contributed by atoms with van der Waals surface area (Å²) in [6.07, 6.45) is 4.38. The van der Waals surface area contributed by atoms with Crippen molar-refractivity contribution in [1.82, 2.24) is 19.9 Å². The molecule has 0 amide bonds. The van der Waals surface area contributed by atoms with E-state index in [0.29, 0.717) is 18.4 Å². The number of nitrogens with one attached hydrogen (secondary N) is 1. The first-order valence-corrected chi connectivity index (χ1v) is 8.90. The van der Waals surface area contributed by atoms with Crippen LogP contribution in [0.5, 0.6) is 0 Å². The van der Waals surface area contributed by atoms with Crippen LogP contribution in [0.1, 0.15) is 44.0 Å². The fourth-order valence-corrected chi connectivity index (χ4v) is 2.79. The first-order valence-electron chi connectivity index (χ1n) is 8.90. The third-order valence-corrected chi connectivity index (χ3v) is 4.25. The van der Waals surface area contributed by atoms with E-state index in [2.05, 4.69) is 50.1 Å². The highest BCUT2D eigenvalue weighted by molar-refractivity contribution is 5.43. The van der Waals surface area contributed by atoms with Gasteiger partial charge in [0.15, 0.2) is 0 Å². The molecule has 0 spiro atoms. The molecule has 25 heavy (non-hydrogen) atoms. The third-order valence-electron chi connectivity index (χ3n) is 4.25. The number of aromatic nitrogens is 4. The average Bonchev–Trinajstić information content (AvgIpc) is 3.14. The monoisotopic (exact) mass is 341 g/mol. The van der Waals surface area contributed by atoms with Crippen molar-refractivity contribution < 1.29 is 0 Å². The van der Waals surface area contributed by atoms with Gasteiger partial charge in [0.25, 0.3) is 0 Å². The Morgan fingerprint density at radius 3 is 2.60 bits per heavy atom. The van der Waals surface area contributed by atoms with Crippen LogP contribution in [0.4, 0.5) is 17.7 Å². The molecule has 3 rings (SSSR count). The van der Waals surface area contributed by atoms with Gasteiger partial charge in [-0.05, 0) is 30.5 Å². The lowest BCUT2D eigenvalue weighted by Gasteiger charge is -2.17. The van der Waals surface area contributed by atoms with Gasteiger partial charge >= 0.3 is 0 Å². The van der Waals surface area contributed by atoms with Crippen LogP contribution >= 0.6 is 0 Å². The Balaban J connectivity index is 1.73. The van der Waals surface area contributed by atoms with Gasteiger partial charge in [-0.1, -0.05) is 13.8 Å². The van der Waals surface area contributed by atoms with E-state index in [-0.39, 0.29) is 5.92 Å². The quantitative estimate of drug-likeness (QED) is 0.866. The van der Waals surface area contributed by atoms with Gasteiger partial charge in [0.1, 0.15) is 11.6 Å². The molecule has 1 aliphatic rings. The second kappa shape index (κ2) is 7.63. The minimum atomic E-state index is 0.255. The molecular formula is C18H27N7. The summed E-state index contributed by atoms with van der Waals surface area (Å²) in [5.41, 5.74) is 1.18. The minimum Gasteiger partial charge on any atom is -0.357 e. The Morgan fingerprint density at radius 1 is 1.16 bits per heavy atom. The zero-order chi connectivity index (χ0) is 17.8. The highest BCUT2D eigenvalue weighted by Crippen LogP contribution is 2.19. The van der Waals surface area contributed by atoms with Crippen LogP contribution < -0.4 is 15.1 Å². The van der Waals surface area contributed by atoms with Gasteiger partial charge < -0.3 is 15.1 Å². The van der Waals surface area contributed by atoms with Crippen LogP contribution in [0.15, 0.2) is 18.3 Å². The summed E-state index contributed by atoms with van der Waals surface area (Å²) in [6.45, 7) is 7.04. The maximum Gasteiger partial charge on any atom is 0.229 e. The van der Waals surface area contributed by atoms with E-state index in [9.17, 15) is 0 Å². The van der Waals surface area contributed by atoms with E-state index in [1.807, 2.05) is 31.3 Å². The second-order valence-corrected chi connectivity index (χ2v) is 6.94. The van der Waals surface area contributed by atoms with Crippen LogP contribution in [0.25, 0.3) is 0 Å². The maximum absolute atomic E-state index is 4.54. The molecule has 0 unspecified atom stereocenters. The first-order chi connectivity index (χ1) is 12.0.